The molecule has 12 nitrogen and oxygen atoms in total. The van der Waals surface area contributed by atoms with E-state index in [9.17, 15) is 19.2 Å². The Morgan fingerprint density at radius 2 is 1.20 bits per heavy atom. The van der Waals surface area contributed by atoms with E-state index in [1.54, 1.807) is 20.6 Å². The van der Waals surface area contributed by atoms with Crippen molar-refractivity contribution in [2.24, 2.45) is 11.8 Å². The quantitative estimate of drug-likeness (QED) is 0.180. The molecule has 4 rings (SSSR count). The van der Waals surface area contributed by atoms with Crippen LogP contribution >= 0.6 is 38.6 Å². The lowest BCUT2D eigenvalue weighted by Gasteiger charge is -2.31. The van der Waals surface area contributed by atoms with E-state index in [1.807, 2.05) is 41.5 Å². The summed E-state index contributed by atoms with van der Waals surface area (Å²) in [6.45, 7) is 13.9. The van der Waals surface area contributed by atoms with Crippen LogP contribution in [0, 0.1) is 36.0 Å². The van der Waals surface area contributed by atoms with Gasteiger partial charge in [-0.3, -0.25) is 0 Å². The number of aromatic nitrogens is 2. The second kappa shape index (κ2) is 19.5. The van der Waals surface area contributed by atoms with E-state index >= 15 is 0 Å². The molecule has 2 aromatic rings. The molecule has 2 fully saturated rings. The summed E-state index contributed by atoms with van der Waals surface area (Å²) in [7, 11) is 2.66. The van der Waals surface area contributed by atoms with Crippen molar-refractivity contribution in [1.82, 2.24) is 19.8 Å². The average molecular weight is 782 g/mol. The van der Waals surface area contributed by atoms with E-state index in [4.69, 9.17) is 15.9 Å². The lowest BCUT2D eigenvalue weighted by atomic mass is 9.97. The summed E-state index contributed by atoms with van der Waals surface area (Å²) in [4.78, 5) is 57.2. The third-order valence-corrected chi connectivity index (χ3v) is 8.99. The Morgan fingerprint density at radius 3 is 1.59 bits per heavy atom. The van der Waals surface area contributed by atoms with Gasteiger partial charge in [0.05, 0.1) is 14.2 Å². The predicted molar refractivity (Wildman–Crippen MR) is 191 cm³/mol. The molecule has 0 unspecified atom stereocenters. The maximum Gasteiger partial charge on any atom is 0.410 e. The van der Waals surface area contributed by atoms with Gasteiger partial charge in [0.1, 0.15) is 21.5 Å². The number of carbonyl (C=O) groups excluding carboxylic acids is 4. The van der Waals surface area contributed by atoms with Gasteiger partial charge in [0.15, 0.2) is 0 Å². The monoisotopic (exact) mass is 780 g/mol. The molecule has 2 aromatic heterocycles. The molecule has 268 valence electrons. The van der Waals surface area contributed by atoms with E-state index < -0.39 is 23.1 Å². The first-order valence-corrected chi connectivity index (χ1v) is 18.2. The molecule has 0 bridgehead atoms. The smallest absolute Gasteiger partial charge is 0.410 e. The standard InChI is InChI=1S/C17H22N2O4S.C12H19NO2.C5H4BrNO2S/c1-17(2,3)23-16(21)19-9-7-12(8-10-19)5-6-13-11-24-14(18-13)15(20)22-4;1-5-10-6-8-13(9-7-10)11(14)15-12(2,3)4;1-9-5(8)4-7-3(6)2-10-4/h11-12H,7-10H2,1-4H3;1,10H,6-9H2,2-4H3;2H,1H3. The van der Waals surface area contributed by atoms with Crippen molar-refractivity contribution >= 4 is 62.7 Å². The second-order valence-corrected chi connectivity index (χ2v) is 15.4. The van der Waals surface area contributed by atoms with Gasteiger partial charge in [0.25, 0.3) is 0 Å². The van der Waals surface area contributed by atoms with Gasteiger partial charge in [-0.25, -0.2) is 29.1 Å². The van der Waals surface area contributed by atoms with Gasteiger partial charge in [0, 0.05) is 48.8 Å². The van der Waals surface area contributed by atoms with Gasteiger partial charge in [-0.2, -0.15) is 0 Å². The minimum Gasteiger partial charge on any atom is -0.464 e. The molecular weight excluding hydrogens is 736 g/mol. The molecule has 2 aliphatic heterocycles. The Bertz CT molecular complexity index is 1510. The van der Waals surface area contributed by atoms with Gasteiger partial charge in [-0.15, -0.1) is 35.0 Å². The number of methoxy groups -OCH3 is 2. The Balaban J connectivity index is 0.000000283. The lowest BCUT2D eigenvalue weighted by Crippen LogP contribution is -2.41. The molecule has 0 N–H and O–H groups in total. The first kappa shape index (κ1) is 41.5. The molecule has 0 aromatic carbocycles. The molecule has 0 aliphatic carbocycles. The number of piperidine rings is 2. The van der Waals surface area contributed by atoms with Crippen LogP contribution < -0.4 is 0 Å². The van der Waals surface area contributed by atoms with Crippen LogP contribution in [0.3, 0.4) is 0 Å². The summed E-state index contributed by atoms with van der Waals surface area (Å²) in [6, 6.07) is 0. The third-order valence-electron chi connectivity index (χ3n) is 6.63. The maximum atomic E-state index is 12.0. The first-order chi connectivity index (χ1) is 22.9. The minimum absolute atomic E-state index is 0.215. The fourth-order valence-corrected chi connectivity index (χ4v) is 6.04. The van der Waals surface area contributed by atoms with Crippen molar-refractivity contribution < 1.29 is 38.1 Å². The van der Waals surface area contributed by atoms with Gasteiger partial charge >= 0.3 is 24.1 Å². The van der Waals surface area contributed by atoms with Gasteiger partial charge < -0.3 is 28.7 Å². The topological polar surface area (TPSA) is 137 Å². The fraction of sp³-hybridized carbons (Fsp3) is 0.588. The van der Waals surface area contributed by atoms with Crippen LogP contribution in [0.15, 0.2) is 15.4 Å². The number of terminal acetylenes is 1. The lowest BCUT2D eigenvalue weighted by molar-refractivity contribution is 0.0189. The summed E-state index contributed by atoms with van der Waals surface area (Å²) >= 11 is 5.59. The minimum atomic E-state index is -0.476. The van der Waals surface area contributed by atoms with Crippen molar-refractivity contribution in [3.05, 3.63) is 31.1 Å². The van der Waals surface area contributed by atoms with E-state index in [0.717, 1.165) is 25.7 Å². The average Bonchev–Trinajstić information content (AvgIpc) is 3.71. The number of nitrogens with zero attached hydrogens (tertiary/aromatic N) is 4. The Kier molecular flexibility index (Phi) is 16.5. The number of likely N-dealkylation sites (tertiary alicyclic amines) is 2. The van der Waals surface area contributed by atoms with E-state index in [-0.39, 0.29) is 18.1 Å². The maximum absolute atomic E-state index is 12.0. The molecule has 2 saturated heterocycles. The molecule has 0 saturated carbocycles. The number of rotatable bonds is 2. The van der Waals surface area contributed by atoms with Crippen molar-refractivity contribution in [3.8, 4) is 24.2 Å². The number of amides is 2. The molecule has 4 heterocycles. The van der Waals surface area contributed by atoms with E-state index in [2.05, 4.69) is 53.1 Å². The highest BCUT2D eigenvalue weighted by Crippen LogP contribution is 2.21. The number of hydrogen-bond donors (Lipinski definition) is 0. The number of carbonyl (C=O) groups is 4. The van der Waals surface area contributed by atoms with Crippen LogP contribution in [0.4, 0.5) is 9.59 Å². The number of hydrogen-bond acceptors (Lipinski definition) is 12. The van der Waals surface area contributed by atoms with Crippen molar-refractivity contribution in [1.29, 1.82) is 0 Å². The van der Waals surface area contributed by atoms with Crippen LogP contribution in [0.25, 0.3) is 0 Å². The largest absolute Gasteiger partial charge is 0.464 e. The van der Waals surface area contributed by atoms with Gasteiger partial charge in [0.2, 0.25) is 10.0 Å². The van der Waals surface area contributed by atoms with Crippen molar-refractivity contribution in [3.63, 3.8) is 0 Å². The van der Waals surface area contributed by atoms with Crippen molar-refractivity contribution in [2.75, 3.05) is 40.4 Å². The zero-order valence-electron chi connectivity index (χ0n) is 29.3. The first-order valence-electron chi connectivity index (χ1n) is 15.6. The Labute approximate surface area is 305 Å². The zero-order chi connectivity index (χ0) is 36.8. The zero-order valence-corrected chi connectivity index (χ0v) is 32.5. The number of esters is 2. The molecular formula is C34H45BrN4O8S2. The second-order valence-electron chi connectivity index (χ2n) is 12.9. The van der Waals surface area contributed by atoms with Crippen LogP contribution in [-0.2, 0) is 18.9 Å². The van der Waals surface area contributed by atoms with E-state index in [0.29, 0.717) is 52.4 Å². The van der Waals surface area contributed by atoms with Crippen LogP contribution in [-0.4, -0.2) is 95.5 Å². The number of halogens is 1. The number of ether oxygens (including phenoxy) is 4. The molecule has 0 spiro atoms. The van der Waals surface area contributed by atoms with Crippen LogP contribution in [0.5, 0.6) is 0 Å². The van der Waals surface area contributed by atoms with Gasteiger partial charge in [-0.1, -0.05) is 5.92 Å². The highest BCUT2D eigenvalue weighted by atomic mass is 79.9. The summed E-state index contributed by atoms with van der Waals surface area (Å²) in [5, 5.41) is 4.15. The highest BCUT2D eigenvalue weighted by molar-refractivity contribution is 9.10. The molecule has 49 heavy (non-hydrogen) atoms. The molecule has 0 atom stereocenters. The fourth-order valence-electron chi connectivity index (χ4n) is 4.21. The molecule has 15 heteroatoms. The normalized spacial score (nSPS) is 15.1. The van der Waals surface area contributed by atoms with Crippen LogP contribution in [0.1, 0.15) is 92.5 Å². The van der Waals surface area contributed by atoms with Gasteiger partial charge in [-0.05, 0) is 89.1 Å². The molecule has 0 radical (unpaired) electrons. The summed E-state index contributed by atoms with van der Waals surface area (Å²) in [6.07, 6.45) is 8.23. The number of thiazole rings is 2. The van der Waals surface area contributed by atoms with E-state index in [1.165, 1.54) is 36.9 Å². The third kappa shape index (κ3) is 15.6. The molecule has 2 aliphatic rings. The van der Waals surface area contributed by atoms with Crippen molar-refractivity contribution in [2.45, 2.75) is 78.4 Å². The summed E-state index contributed by atoms with van der Waals surface area (Å²) < 4.78 is 20.4. The molecule has 2 amide bonds. The predicted octanol–water partition coefficient (Wildman–Crippen LogP) is 6.89. The summed E-state index contributed by atoms with van der Waals surface area (Å²) in [5.74, 6) is 8.61. The Morgan fingerprint density at radius 1 is 0.776 bits per heavy atom. The Hall–Kier alpha value is -3.66. The highest BCUT2D eigenvalue weighted by Gasteiger charge is 2.27. The summed E-state index contributed by atoms with van der Waals surface area (Å²) in [5.41, 5.74) is -0.314. The SMILES string of the molecule is C#CC1CCN(C(=O)OC(C)(C)C)CC1.COC(=O)c1nc(Br)cs1.COC(=O)c1nc(C#CC2CCN(C(=O)OC(C)(C)C)CC2)cs1. The van der Waals surface area contributed by atoms with Crippen LogP contribution in [0.2, 0.25) is 0 Å².